The standard InChI is InChI=1S/C13H16N4O2.C2H6/c1-10-4-3-6-17-12(8-14-13(10)17)16(2)7-5-11(19)15-9-18;1-2/h3-4,6,8-9H,5,7H2,1-2H3,(H,15,18,19);1-2H3. The molecule has 0 saturated heterocycles. The smallest absolute Gasteiger partial charge is 0.228 e. The van der Waals surface area contributed by atoms with Gasteiger partial charge in [0.05, 0.1) is 6.20 Å². The average Bonchev–Trinajstić information content (AvgIpc) is 2.93. The lowest BCUT2D eigenvalue weighted by molar-refractivity contribution is -0.125. The molecule has 0 spiro atoms. The van der Waals surface area contributed by atoms with Gasteiger partial charge in [0.15, 0.2) is 0 Å². The number of aryl methyl sites for hydroxylation is 1. The first-order chi connectivity index (χ1) is 10.1. The largest absolute Gasteiger partial charge is 0.359 e. The Labute approximate surface area is 124 Å². The highest BCUT2D eigenvalue weighted by Gasteiger charge is 2.10. The van der Waals surface area contributed by atoms with Gasteiger partial charge >= 0.3 is 0 Å². The molecule has 6 heteroatoms. The van der Waals surface area contributed by atoms with E-state index in [4.69, 9.17) is 0 Å². The fourth-order valence-corrected chi connectivity index (χ4v) is 1.94. The van der Waals surface area contributed by atoms with Gasteiger partial charge in [0.25, 0.3) is 0 Å². The molecule has 114 valence electrons. The van der Waals surface area contributed by atoms with E-state index < -0.39 is 0 Å². The van der Waals surface area contributed by atoms with Crippen LogP contribution < -0.4 is 10.2 Å². The van der Waals surface area contributed by atoms with Gasteiger partial charge in [-0.15, -0.1) is 0 Å². The summed E-state index contributed by atoms with van der Waals surface area (Å²) in [6.07, 6.45) is 4.38. The van der Waals surface area contributed by atoms with Gasteiger partial charge in [-0.1, -0.05) is 19.9 Å². The van der Waals surface area contributed by atoms with Crippen LogP contribution in [-0.2, 0) is 9.59 Å². The van der Waals surface area contributed by atoms with Crippen LogP contribution in [0.4, 0.5) is 5.82 Å². The topological polar surface area (TPSA) is 66.7 Å². The van der Waals surface area contributed by atoms with Crippen LogP contribution in [-0.4, -0.2) is 35.3 Å². The predicted octanol–water partition coefficient (Wildman–Crippen LogP) is 1.77. The summed E-state index contributed by atoms with van der Waals surface area (Å²) in [4.78, 5) is 27.7. The van der Waals surface area contributed by atoms with Gasteiger partial charge in [-0.25, -0.2) is 4.98 Å². The van der Waals surface area contributed by atoms with E-state index in [0.717, 1.165) is 17.0 Å². The lowest BCUT2D eigenvalue weighted by Gasteiger charge is -2.17. The maximum atomic E-state index is 11.2. The number of hydrogen-bond donors (Lipinski definition) is 1. The Morgan fingerprint density at radius 1 is 1.48 bits per heavy atom. The van der Waals surface area contributed by atoms with Crippen LogP contribution in [0.1, 0.15) is 25.8 Å². The van der Waals surface area contributed by atoms with Crippen LogP contribution in [0.3, 0.4) is 0 Å². The molecule has 6 nitrogen and oxygen atoms in total. The van der Waals surface area contributed by atoms with E-state index in [1.807, 2.05) is 55.4 Å². The Balaban J connectivity index is 0.00000106. The van der Waals surface area contributed by atoms with Crippen molar-refractivity contribution in [3.05, 3.63) is 30.1 Å². The van der Waals surface area contributed by atoms with Crippen molar-refractivity contribution in [1.29, 1.82) is 0 Å². The number of aromatic nitrogens is 2. The summed E-state index contributed by atoms with van der Waals surface area (Å²) in [5.41, 5.74) is 2.00. The number of fused-ring (bicyclic) bond motifs is 1. The number of nitrogens with zero attached hydrogens (tertiary/aromatic N) is 3. The molecule has 0 bridgehead atoms. The first kappa shape index (κ1) is 16.7. The molecule has 0 fully saturated rings. The SMILES string of the molecule is CC.Cc1cccn2c(N(C)CCC(=O)NC=O)cnc12. The van der Waals surface area contributed by atoms with E-state index in [0.29, 0.717) is 13.0 Å². The maximum absolute atomic E-state index is 11.2. The molecule has 2 rings (SSSR count). The number of nitrogens with one attached hydrogen (secondary N) is 1. The molecule has 0 saturated carbocycles. The van der Waals surface area contributed by atoms with E-state index in [-0.39, 0.29) is 12.3 Å². The van der Waals surface area contributed by atoms with Gasteiger partial charge in [-0.05, 0) is 18.6 Å². The van der Waals surface area contributed by atoms with E-state index in [2.05, 4.69) is 10.3 Å². The average molecular weight is 290 g/mol. The van der Waals surface area contributed by atoms with E-state index in [9.17, 15) is 9.59 Å². The van der Waals surface area contributed by atoms with Crippen LogP contribution in [0, 0.1) is 6.92 Å². The van der Waals surface area contributed by atoms with Crippen LogP contribution in [0.15, 0.2) is 24.5 Å². The molecule has 2 heterocycles. The van der Waals surface area contributed by atoms with Crippen LogP contribution in [0.25, 0.3) is 5.65 Å². The lowest BCUT2D eigenvalue weighted by Crippen LogP contribution is -2.28. The molecule has 1 N–H and O–H groups in total. The van der Waals surface area contributed by atoms with Crippen molar-refractivity contribution in [3.63, 3.8) is 0 Å². The number of carbonyl (C=O) groups is 2. The molecular weight excluding hydrogens is 268 g/mol. The Morgan fingerprint density at radius 2 is 2.19 bits per heavy atom. The fraction of sp³-hybridized carbons (Fsp3) is 0.400. The van der Waals surface area contributed by atoms with Crippen molar-refractivity contribution in [2.75, 3.05) is 18.5 Å². The minimum Gasteiger partial charge on any atom is -0.359 e. The van der Waals surface area contributed by atoms with Gasteiger partial charge in [0.1, 0.15) is 11.5 Å². The molecule has 0 radical (unpaired) electrons. The van der Waals surface area contributed by atoms with Gasteiger partial charge < -0.3 is 4.90 Å². The highest BCUT2D eigenvalue weighted by Crippen LogP contribution is 2.17. The summed E-state index contributed by atoms with van der Waals surface area (Å²) in [5, 5.41) is 2.12. The van der Waals surface area contributed by atoms with Gasteiger partial charge in [0.2, 0.25) is 12.3 Å². The third-order valence-electron chi connectivity index (χ3n) is 3.00. The van der Waals surface area contributed by atoms with Crippen molar-refractivity contribution in [1.82, 2.24) is 14.7 Å². The molecule has 2 aromatic heterocycles. The summed E-state index contributed by atoms with van der Waals surface area (Å²) in [5.74, 6) is 0.629. The van der Waals surface area contributed by atoms with E-state index >= 15 is 0 Å². The van der Waals surface area contributed by atoms with E-state index in [1.54, 1.807) is 6.20 Å². The maximum Gasteiger partial charge on any atom is 0.228 e. The molecule has 0 aliphatic heterocycles. The molecule has 2 aromatic rings. The van der Waals surface area contributed by atoms with Gasteiger partial charge in [-0.3, -0.25) is 19.3 Å². The fourth-order valence-electron chi connectivity index (χ4n) is 1.94. The number of amides is 2. The number of carbonyl (C=O) groups excluding carboxylic acids is 2. The van der Waals surface area contributed by atoms with Crippen molar-refractivity contribution in [2.45, 2.75) is 27.2 Å². The number of imidazole rings is 1. The molecule has 0 atom stereocenters. The Kier molecular flexibility index (Phi) is 6.39. The summed E-state index contributed by atoms with van der Waals surface area (Å²) < 4.78 is 1.98. The summed E-state index contributed by atoms with van der Waals surface area (Å²) in [7, 11) is 1.89. The second kappa shape index (κ2) is 8.04. The number of rotatable bonds is 5. The van der Waals surface area contributed by atoms with Crippen molar-refractivity contribution in [2.24, 2.45) is 0 Å². The third-order valence-corrected chi connectivity index (χ3v) is 3.00. The molecule has 2 amide bonds. The quantitative estimate of drug-likeness (QED) is 0.852. The highest BCUT2D eigenvalue weighted by molar-refractivity contribution is 5.86. The Morgan fingerprint density at radius 3 is 2.86 bits per heavy atom. The summed E-state index contributed by atoms with van der Waals surface area (Å²) in [6.45, 7) is 6.52. The minimum atomic E-state index is -0.285. The van der Waals surface area contributed by atoms with Crippen molar-refractivity contribution >= 4 is 23.8 Å². The molecule has 21 heavy (non-hydrogen) atoms. The van der Waals surface area contributed by atoms with Crippen molar-refractivity contribution < 1.29 is 9.59 Å². The monoisotopic (exact) mass is 290 g/mol. The number of anilines is 1. The molecular formula is C15H22N4O2. The number of pyridine rings is 1. The van der Waals surface area contributed by atoms with Crippen LogP contribution in [0.5, 0.6) is 0 Å². The highest BCUT2D eigenvalue weighted by atomic mass is 16.2. The zero-order valence-electron chi connectivity index (χ0n) is 13.0. The predicted molar refractivity (Wildman–Crippen MR) is 83.4 cm³/mol. The second-order valence-electron chi connectivity index (χ2n) is 4.36. The number of hydrogen-bond acceptors (Lipinski definition) is 4. The first-order valence-electron chi connectivity index (χ1n) is 7.00. The second-order valence-corrected chi connectivity index (χ2v) is 4.36. The third kappa shape index (κ3) is 4.05. The zero-order valence-corrected chi connectivity index (χ0v) is 13.0. The lowest BCUT2D eigenvalue weighted by atomic mass is 10.3. The molecule has 0 aliphatic rings. The Hall–Kier alpha value is -2.37. The van der Waals surface area contributed by atoms with Gasteiger partial charge in [0, 0.05) is 26.2 Å². The first-order valence-corrected chi connectivity index (χ1v) is 7.00. The van der Waals surface area contributed by atoms with Crippen LogP contribution >= 0.6 is 0 Å². The van der Waals surface area contributed by atoms with Crippen molar-refractivity contribution in [3.8, 4) is 0 Å². The van der Waals surface area contributed by atoms with Gasteiger partial charge in [-0.2, -0.15) is 0 Å². The van der Waals surface area contributed by atoms with Crippen LogP contribution in [0.2, 0.25) is 0 Å². The molecule has 0 unspecified atom stereocenters. The normalized spacial score (nSPS) is 9.71. The minimum absolute atomic E-state index is 0.258. The zero-order chi connectivity index (χ0) is 15.8. The summed E-state index contributed by atoms with van der Waals surface area (Å²) >= 11 is 0. The van der Waals surface area contributed by atoms with E-state index in [1.165, 1.54) is 0 Å². The Bertz CT molecular complexity index is 607. The number of imide groups is 1. The molecule has 0 aromatic carbocycles. The molecule has 0 aliphatic carbocycles. The summed E-state index contributed by atoms with van der Waals surface area (Å²) in [6, 6.07) is 3.96.